The van der Waals surface area contributed by atoms with Crippen LogP contribution in [0.1, 0.15) is 19.4 Å². The van der Waals surface area contributed by atoms with Gasteiger partial charge in [0.15, 0.2) is 0 Å². The van der Waals surface area contributed by atoms with Gasteiger partial charge in [-0.05, 0) is 37.3 Å². The minimum absolute atomic E-state index is 0.130. The zero-order valence-corrected chi connectivity index (χ0v) is 11.3. The topological polar surface area (TPSA) is 52.3 Å². The van der Waals surface area contributed by atoms with E-state index in [0.29, 0.717) is 13.0 Å². The van der Waals surface area contributed by atoms with Crippen LogP contribution >= 0.6 is 11.8 Å². The summed E-state index contributed by atoms with van der Waals surface area (Å²) in [5.41, 5.74) is 7.75. The maximum absolute atomic E-state index is 11.5. The molecule has 1 aromatic rings. The first-order valence-electron chi connectivity index (χ1n) is 5.67. The number of esters is 1. The first-order chi connectivity index (χ1) is 8.08. The van der Waals surface area contributed by atoms with Crippen molar-refractivity contribution in [2.45, 2.75) is 25.2 Å². The molecule has 1 atom stereocenters. The highest BCUT2D eigenvalue weighted by molar-refractivity contribution is 7.98. The second-order valence-electron chi connectivity index (χ2n) is 3.93. The number of anilines is 1. The minimum atomic E-state index is -0.153. The summed E-state index contributed by atoms with van der Waals surface area (Å²) >= 11 is 1.62. The maximum atomic E-state index is 11.5. The third-order valence-corrected chi connectivity index (χ3v) is 3.34. The third kappa shape index (κ3) is 3.97. The molecule has 0 spiro atoms. The van der Waals surface area contributed by atoms with Gasteiger partial charge in [0.05, 0.1) is 12.5 Å². The van der Waals surface area contributed by atoms with Crippen LogP contribution in [-0.4, -0.2) is 18.8 Å². The van der Waals surface area contributed by atoms with Crippen molar-refractivity contribution >= 4 is 23.4 Å². The molecule has 3 nitrogen and oxygen atoms in total. The van der Waals surface area contributed by atoms with Gasteiger partial charge in [0, 0.05) is 10.6 Å². The summed E-state index contributed by atoms with van der Waals surface area (Å²) in [5, 5.41) is 0. The molecule has 0 bridgehead atoms. The summed E-state index contributed by atoms with van der Waals surface area (Å²) in [5.74, 6) is -0.283. The minimum Gasteiger partial charge on any atom is -0.466 e. The zero-order chi connectivity index (χ0) is 12.8. The number of hydrogen-bond acceptors (Lipinski definition) is 4. The van der Waals surface area contributed by atoms with E-state index >= 15 is 0 Å². The molecule has 0 heterocycles. The van der Waals surface area contributed by atoms with E-state index in [4.69, 9.17) is 10.5 Å². The van der Waals surface area contributed by atoms with Gasteiger partial charge in [-0.15, -0.1) is 11.8 Å². The number of carbonyl (C=O) groups excluding carboxylic acids is 1. The molecule has 0 aromatic heterocycles. The number of benzene rings is 1. The molecule has 0 amide bonds. The molecule has 94 valence electrons. The van der Waals surface area contributed by atoms with Gasteiger partial charge in [0.25, 0.3) is 0 Å². The molecule has 0 saturated heterocycles. The largest absolute Gasteiger partial charge is 0.466 e. The molecule has 0 aliphatic heterocycles. The van der Waals surface area contributed by atoms with Crippen LogP contribution < -0.4 is 5.73 Å². The van der Waals surface area contributed by atoms with E-state index < -0.39 is 0 Å². The van der Waals surface area contributed by atoms with Crippen LogP contribution in [0.2, 0.25) is 0 Å². The second kappa shape index (κ2) is 6.55. The van der Waals surface area contributed by atoms with Crippen molar-refractivity contribution in [1.82, 2.24) is 0 Å². The van der Waals surface area contributed by atoms with Crippen molar-refractivity contribution in [2.75, 3.05) is 18.6 Å². The summed E-state index contributed by atoms with van der Waals surface area (Å²) in [6.07, 6.45) is 2.66. The Morgan fingerprint density at radius 1 is 1.53 bits per heavy atom. The molecular formula is C13H19NO2S. The van der Waals surface area contributed by atoms with Gasteiger partial charge in [-0.2, -0.15) is 0 Å². The summed E-state index contributed by atoms with van der Waals surface area (Å²) in [6, 6.07) is 5.94. The molecule has 2 N–H and O–H groups in total. The van der Waals surface area contributed by atoms with Crippen LogP contribution in [0.3, 0.4) is 0 Å². The molecule has 17 heavy (non-hydrogen) atoms. The average Bonchev–Trinajstić information content (AvgIpc) is 2.29. The van der Waals surface area contributed by atoms with Gasteiger partial charge in [0.1, 0.15) is 0 Å². The lowest BCUT2D eigenvalue weighted by atomic mass is 10.0. The average molecular weight is 253 g/mol. The Labute approximate surface area is 107 Å². The van der Waals surface area contributed by atoms with Crippen LogP contribution in [-0.2, 0) is 16.0 Å². The normalized spacial score (nSPS) is 12.2. The lowest BCUT2D eigenvalue weighted by Crippen LogP contribution is -2.17. The monoisotopic (exact) mass is 253 g/mol. The fourth-order valence-electron chi connectivity index (χ4n) is 1.63. The van der Waals surface area contributed by atoms with E-state index in [2.05, 4.69) is 0 Å². The smallest absolute Gasteiger partial charge is 0.308 e. The zero-order valence-electron chi connectivity index (χ0n) is 10.5. The number of nitrogen functional groups attached to an aromatic ring is 1. The van der Waals surface area contributed by atoms with Crippen molar-refractivity contribution in [2.24, 2.45) is 5.92 Å². The van der Waals surface area contributed by atoms with Crippen LogP contribution in [0.4, 0.5) is 5.69 Å². The van der Waals surface area contributed by atoms with Crippen molar-refractivity contribution in [3.8, 4) is 0 Å². The van der Waals surface area contributed by atoms with E-state index in [0.717, 1.165) is 16.1 Å². The van der Waals surface area contributed by atoms with Gasteiger partial charge in [-0.25, -0.2) is 0 Å². The Bertz CT molecular complexity index is 393. The van der Waals surface area contributed by atoms with Crippen LogP contribution in [0.5, 0.6) is 0 Å². The van der Waals surface area contributed by atoms with E-state index in [1.54, 1.807) is 11.8 Å². The van der Waals surface area contributed by atoms with E-state index in [9.17, 15) is 4.79 Å². The van der Waals surface area contributed by atoms with Crippen LogP contribution in [0, 0.1) is 5.92 Å². The number of rotatable bonds is 5. The fraction of sp³-hybridized carbons (Fsp3) is 0.462. The molecule has 1 rings (SSSR count). The molecular weight excluding hydrogens is 234 g/mol. The fourth-order valence-corrected chi connectivity index (χ4v) is 2.13. The molecule has 1 unspecified atom stereocenters. The number of thioether (sulfide) groups is 1. The Balaban J connectivity index is 2.68. The lowest BCUT2D eigenvalue weighted by Gasteiger charge is -2.11. The van der Waals surface area contributed by atoms with Gasteiger partial charge >= 0.3 is 5.97 Å². The van der Waals surface area contributed by atoms with Crippen molar-refractivity contribution in [3.05, 3.63) is 23.8 Å². The second-order valence-corrected chi connectivity index (χ2v) is 4.78. The van der Waals surface area contributed by atoms with E-state index in [1.165, 1.54) is 0 Å². The predicted octanol–water partition coefficient (Wildman–Crippen LogP) is 2.73. The predicted molar refractivity (Wildman–Crippen MR) is 72.1 cm³/mol. The Kier molecular flexibility index (Phi) is 5.35. The standard InChI is InChI=1S/C13H19NO2S/c1-4-16-13(15)9(2)7-10-5-6-12(17-3)11(14)8-10/h5-6,8-9H,4,7,14H2,1-3H3. The number of ether oxygens (including phenoxy) is 1. The molecule has 4 heteroatoms. The van der Waals surface area contributed by atoms with Crippen molar-refractivity contribution in [1.29, 1.82) is 0 Å². The lowest BCUT2D eigenvalue weighted by molar-refractivity contribution is -0.147. The highest BCUT2D eigenvalue weighted by atomic mass is 32.2. The highest BCUT2D eigenvalue weighted by Gasteiger charge is 2.14. The number of hydrogen-bond donors (Lipinski definition) is 1. The first-order valence-corrected chi connectivity index (χ1v) is 6.90. The summed E-state index contributed by atoms with van der Waals surface area (Å²) < 4.78 is 4.98. The molecule has 0 radical (unpaired) electrons. The quantitative estimate of drug-likeness (QED) is 0.498. The summed E-state index contributed by atoms with van der Waals surface area (Å²) in [7, 11) is 0. The summed E-state index contributed by atoms with van der Waals surface area (Å²) in [4.78, 5) is 12.6. The van der Waals surface area contributed by atoms with Crippen molar-refractivity contribution in [3.63, 3.8) is 0 Å². The Morgan fingerprint density at radius 2 is 2.24 bits per heavy atom. The number of carbonyl (C=O) groups is 1. The van der Waals surface area contributed by atoms with E-state index in [1.807, 2.05) is 38.3 Å². The first kappa shape index (κ1) is 13.9. The van der Waals surface area contributed by atoms with Crippen LogP contribution in [0.25, 0.3) is 0 Å². The molecule has 0 aliphatic carbocycles. The van der Waals surface area contributed by atoms with Crippen LogP contribution in [0.15, 0.2) is 23.1 Å². The SMILES string of the molecule is CCOC(=O)C(C)Cc1ccc(SC)c(N)c1. The van der Waals surface area contributed by atoms with Crippen molar-refractivity contribution < 1.29 is 9.53 Å². The Morgan fingerprint density at radius 3 is 2.76 bits per heavy atom. The Hall–Kier alpha value is -1.16. The maximum Gasteiger partial charge on any atom is 0.308 e. The molecule has 0 fully saturated rings. The highest BCUT2D eigenvalue weighted by Crippen LogP contribution is 2.24. The van der Waals surface area contributed by atoms with Gasteiger partial charge in [0.2, 0.25) is 0 Å². The molecule has 1 aromatic carbocycles. The van der Waals surface area contributed by atoms with Gasteiger partial charge in [-0.3, -0.25) is 4.79 Å². The molecule has 0 aliphatic rings. The van der Waals surface area contributed by atoms with Gasteiger partial charge in [-0.1, -0.05) is 13.0 Å². The summed E-state index contributed by atoms with van der Waals surface area (Å²) in [6.45, 7) is 4.11. The third-order valence-electron chi connectivity index (χ3n) is 2.52. The number of nitrogens with two attached hydrogens (primary N) is 1. The molecule has 0 saturated carbocycles. The van der Waals surface area contributed by atoms with Gasteiger partial charge < -0.3 is 10.5 Å². The van der Waals surface area contributed by atoms with E-state index in [-0.39, 0.29) is 11.9 Å².